The van der Waals surface area contributed by atoms with Crippen LogP contribution in [-0.2, 0) is 4.79 Å². The zero-order chi connectivity index (χ0) is 17.6. The monoisotopic (exact) mass is 469 g/mol. The van der Waals surface area contributed by atoms with E-state index in [9.17, 15) is 4.79 Å². The number of hydrazone groups is 1. The summed E-state index contributed by atoms with van der Waals surface area (Å²) < 4.78 is 12.9. The van der Waals surface area contributed by atoms with Crippen LogP contribution in [0.3, 0.4) is 0 Å². The molecule has 6 nitrogen and oxygen atoms in total. The van der Waals surface area contributed by atoms with E-state index in [1.165, 1.54) is 19.1 Å². The molecule has 0 atom stereocenters. The van der Waals surface area contributed by atoms with Crippen LogP contribution in [0.25, 0.3) is 0 Å². The third kappa shape index (κ3) is 5.09. The number of nitrogens with one attached hydrogen (secondary N) is 1. The molecular formula is C17H17Br2N3O3. The summed E-state index contributed by atoms with van der Waals surface area (Å²) in [7, 11) is 0. The molecule has 1 aromatic carbocycles. The maximum atomic E-state index is 11.8. The molecule has 25 heavy (non-hydrogen) atoms. The molecular weight excluding hydrogens is 454 g/mol. The van der Waals surface area contributed by atoms with Gasteiger partial charge in [0, 0.05) is 23.6 Å². The fraction of sp³-hybridized carbons (Fsp3) is 0.294. The molecule has 0 spiro atoms. The van der Waals surface area contributed by atoms with Crippen molar-refractivity contribution in [1.82, 2.24) is 5.43 Å². The molecule has 0 bridgehead atoms. The summed E-state index contributed by atoms with van der Waals surface area (Å²) in [6.07, 6.45) is 3.82. The van der Waals surface area contributed by atoms with Gasteiger partial charge in [-0.25, -0.2) is 5.43 Å². The first-order valence-corrected chi connectivity index (χ1v) is 9.45. The molecule has 1 saturated heterocycles. The molecule has 1 N–H and O–H groups in total. The third-order valence-electron chi connectivity index (χ3n) is 3.63. The first kappa shape index (κ1) is 18.0. The molecule has 1 aliphatic heterocycles. The molecule has 2 heterocycles. The molecule has 1 aliphatic rings. The van der Waals surface area contributed by atoms with Crippen molar-refractivity contribution in [3.05, 3.63) is 45.0 Å². The summed E-state index contributed by atoms with van der Waals surface area (Å²) in [4.78, 5) is 13.9. The highest BCUT2D eigenvalue weighted by Crippen LogP contribution is 2.31. The van der Waals surface area contributed by atoms with Gasteiger partial charge in [-0.05, 0) is 47.0 Å². The molecule has 0 unspecified atom stereocenters. The maximum absolute atomic E-state index is 11.8. The highest BCUT2D eigenvalue weighted by atomic mass is 79.9. The second kappa shape index (κ2) is 8.53. The zero-order valence-electron chi connectivity index (χ0n) is 13.4. The second-order valence-electron chi connectivity index (χ2n) is 5.54. The number of rotatable bonds is 6. The number of nitrogens with zero attached hydrogens (tertiary/aromatic N) is 2. The highest BCUT2D eigenvalue weighted by Gasteiger charge is 2.19. The third-order valence-corrected chi connectivity index (χ3v) is 4.69. The van der Waals surface area contributed by atoms with Crippen LogP contribution < -0.4 is 15.1 Å². The number of carbonyl (C=O) groups is 1. The Morgan fingerprint density at radius 2 is 2.12 bits per heavy atom. The smallest absolute Gasteiger partial charge is 0.277 e. The van der Waals surface area contributed by atoms with Gasteiger partial charge >= 0.3 is 0 Å². The molecule has 8 heteroatoms. The van der Waals surface area contributed by atoms with Crippen LogP contribution in [0, 0.1) is 0 Å². The van der Waals surface area contributed by atoms with E-state index >= 15 is 0 Å². The maximum Gasteiger partial charge on any atom is 0.277 e. The summed E-state index contributed by atoms with van der Waals surface area (Å²) in [5.41, 5.74) is 2.42. The van der Waals surface area contributed by atoms with Crippen LogP contribution in [-0.4, -0.2) is 31.8 Å². The Hall–Kier alpha value is -1.80. The van der Waals surface area contributed by atoms with Gasteiger partial charge < -0.3 is 14.1 Å². The minimum atomic E-state index is -0.346. The van der Waals surface area contributed by atoms with Gasteiger partial charge in [-0.2, -0.15) is 5.10 Å². The largest absolute Gasteiger partial charge is 0.484 e. The Morgan fingerprint density at radius 3 is 2.88 bits per heavy atom. The van der Waals surface area contributed by atoms with Crippen LogP contribution in [0.4, 0.5) is 5.88 Å². The summed E-state index contributed by atoms with van der Waals surface area (Å²) in [5.74, 6) is 1.64. The fourth-order valence-corrected chi connectivity index (χ4v) is 3.42. The fourth-order valence-electron chi connectivity index (χ4n) is 2.48. The number of anilines is 1. The van der Waals surface area contributed by atoms with Crippen LogP contribution in [0.1, 0.15) is 18.6 Å². The van der Waals surface area contributed by atoms with E-state index in [1.54, 1.807) is 12.1 Å². The van der Waals surface area contributed by atoms with E-state index in [1.807, 2.05) is 18.2 Å². The van der Waals surface area contributed by atoms with Gasteiger partial charge in [0.15, 0.2) is 12.4 Å². The first-order chi connectivity index (χ1) is 12.1. The van der Waals surface area contributed by atoms with E-state index in [0.717, 1.165) is 27.9 Å². The van der Waals surface area contributed by atoms with Crippen molar-refractivity contribution in [2.45, 2.75) is 12.8 Å². The number of carbonyl (C=O) groups excluding carboxylic acids is 1. The topological polar surface area (TPSA) is 67.1 Å². The molecule has 1 aromatic heterocycles. The first-order valence-electron chi connectivity index (χ1n) is 7.86. The van der Waals surface area contributed by atoms with Gasteiger partial charge in [-0.15, -0.1) is 0 Å². The second-order valence-corrected chi connectivity index (χ2v) is 7.31. The van der Waals surface area contributed by atoms with Gasteiger partial charge in [-0.3, -0.25) is 4.79 Å². The summed E-state index contributed by atoms with van der Waals surface area (Å²) >= 11 is 6.84. The van der Waals surface area contributed by atoms with E-state index in [4.69, 9.17) is 9.15 Å². The Bertz CT molecular complexity index is 770. The van der Waals surface area contributed by atoms with Gasteiger partial charge in [0.05, 0.1) is 10.7 Å². The van der Waals surface area contributed by atoms with Crippen molar-refractivity contribution in [1.29, 1.82) is 0 Å². The Kier molecular flexibility index (Phi) is 6.14. The average Bonchev–Trinajstić information content (AvgIpc) is 3.22. The van der Waals surface area contributed by atoms with Crippen molar-refractivity contribution in [2.24, 2.45) is 5.10 Å². The molecule has 2 aromatic rings. The summed E-state index contributed by atoms with van der Waals surface area (Å²) in [6.45, 7) is 1.87. The number of amides is 1. The quantitative estimate of drug-likeness (QED) is 0.513. The number of hydrogen-bond acceptors (Lipinski definition) is 5. The lowest BCUT2D eigenvalue weighted by molar-refractivity contribution is -0.123. The summed E-state index contributed by atoms with van der Waals surface area (Å²) in [6, 6.07) is 9.12. The Balaban J connectivity index is 1.49. The Labute approximate surface area is 162 Å². The van der Waals surface area contributed by atoms with E-state index in [2.05, 4.69) is 47.3 Å². The molecule has 1 amide bonds. The van der Waals surface area contributed by atoms with Crippen molar-refractivity contribution >= 4 is 49.9 Å². The number of furan rings is 1. The average molecular weight is 471 g/mol. The predicted octanol–water partition coefficient (Wildman–Crippen LogP) is 3.93. The molecule has 0 radical (unpaired) electrons. The van der Waals surface area contributed by atoms with Crippen molar-refractivity contribution in [3.8, 4) is 5.75 Å². The van der Waals surface area contributed by atoms with Gasteiger partial charge in [0.2, 0.25) is 5.88 Å². The number of hydrogen-bond donors (Lipinski definition) is 1. The van der Waals surface area contributed by atoms with E-state index in [0.29, 0.717) is 11.5 Å². The molecule has 0 aliphatic carbocycles. The highest BCUT2D eigenvalue weighted by molar-refractivity contribution is 9.10. The number of ether oxygens (including phenoxy) is 1. The lowest BCUT2D eigenvalue weighted by atomic mass is 10.3. The van der Waals surface area contributed by atoms with Gasteiger partial charge in [0.1, 0.15) is 5.75 Å². The molecule has 1 fully saturated rings. The van der Waals surface area contributed by atoms with E-state index < -0.39 is 0 Å². The predicted molar refractivity (Wildman–Crippen MR) is 103 cm³/mol. The van der Waals surface area contributed by atoms with E-state index in [-0.39, 0.29) is 12.5 Å². The lowest BCUT2D eigenvalue weighted by Crippen LogP contribution is -2.24. The van der Waals surface area contributed by atoms with Crippen molar-refractivity contribution in [3.63, 3.8) is 0 Å². The Morgan fingerprint density at radius 1 is 1.32 bits per heavy atom. The SMILES string of the molecule is O=C(COc1cccc(Br)c1)N/N=C/c1cc(Br)c(N2CCCC2)o1. The molecule has 132 valence electrons. The van der Waals surface area contributed by atoms with Crippen LogP contribution >= 0.6 is 31.9 Å². The normalized spacial score (nSPS) is 14.2. The van der Waals surface area contributed by atoms with Gasteiger partial charge in [0.25, 0.3) is 5.91 Å². The van der Waals surface area contributed by atoms with Crippen LogP contribution in [0.15, 0.2) is 48.8 Å². The minimum Gasteiger partial charge on any atom is -0.484 e. The zero-order valence-corrected chi connectivity index (χ0v) is 16.5. The van der Waals surface area contributed by atoms with Crippen molar-refractivity contribution in [2.75, 3.05) is 24.6 Å². The molecule has 3 rings (SSSR count). The lowest BCUT2D eigenvalue weighted by Gasteiger charge is -2.13. The van der Waals surface area contributed by atoms with Crippen molar-refractivity contribution < 1.29 is 13.9 Å². The number of benzene rings is 1. The van der Waals surface area contributed by atoms with Gasteiger partial charge in [-0.1, -0.05) is 22.0 Å². The summed E-state index contributed by atoms with van der Waals surface area (Å²) in [5, 5.41) is 3.91. The van der Waals surface area contributed by atoms with Crippen LogP contribution in [0.2, 0.25) is 0 Å². The van der Waals surface area contributed by atoms with Crippen LogP contribution in [0.5, 0.6) is 5.75 Å². The minimum absolute atomic E-state index is 0.116. The number of halogens is 2. The standard InChI is InChI=1S/C17H17Br2N3O3/c18-12-4-3-5-13(8-12)24-11-16(23)21-20-10-14-9-15(19)17(25-14)22-6-1-2-7-22/h3-5,8-10H,1-2,6-7,11H2,(H,21,23)/b20-10+. The molecule has 0 saturated carbocycles.